The monoisotopic (exact) mass is 305 g/mol. The van der Waals surface area contributed by atoms with Gasteiger partial charge in [0.15, 0.2) is 0 Å². The van der Waals surface area contributed by atoms with Crippen LogP contribution in [0.25, 0.3) is 0 Å². The molecule has 1 aliphatic heterocycles. The maximum absolute atomic E-state index is 10.2. The summed E-state index contributed by atoms with van der Waals surface area (Å²) in [5, 5.41) is 22.9. The fourth-order valence-corrected chi connectivity index (χ4v) is 2.70. The number of nitrogens with zero attached hydrogens (tertiary/aromatic N) is 2. The quantitative estimate of drug-likeness (QED) is 0.663. The first-order chi connectivity index (χ1) is 10.6. The summed E-state index contributed by atoms with van der Waals surface area (Å²) in [6, 6.07) is 3.80. The van der Waals surface area contributed by atoms with Gasteiger partial charge in [-0.3, -0.25) is 4.98 Å². The third-order valence-corrected chi connectivity index (χ3v) is 3.90. The highest BCUT2D eigenvalue weighted by molar-refractivity contribution is 5.17. The average molecular weight is 305 g/mol. The highest BCUT2D eigenvalue weighted by Crippen LogP contribution is 2.09. The van der Waals surface area contributed by atoms with Crippen molar-refractivity contribution >= 4 is 0 Å². The zero-order valence-electron chi connectivity index (χ0n) is 13.3. The molecule has 2 atom stereocenters. The zero-order valence-corrected chi connectivity index (χ0v) is 13.3. The van der Waals surface area contributed by atoms with Gasteiger partial charge in [0.25, 0.3) is 0 Å². The predicted molar refractivity (Wildman–Crippen MR) is 87.9 cm³/mol. The second-order valence-electron chi connectivity index (χ2n) is 6.05. The molecule has 0 amide bonds. The van der Waals surface area contributed by atoms with Crippen LogP contribution in [-0.2, 0) is 6.42 Å². The number of likely N-dealkylation sites (N-methyl/N-ethyl adjacent to an activating group) is 1. The molecule has 3 N–H and O–H groups in total. The number of aromatic nitrogens is 1. The van der Waals surface area contributed by atoms with Crippen LogP contribution in [0.5, 0.6) is 5.75 Å². The van der Waals surface area contributed by atoms with Crippen LogP contribution in [-0.4, -0.2) is 58.9 Å². The molecule has 0 radical (unpaired) electrons. The summed E-state index contributed by atoms with van der Waals surface area (Å²) in [6.45, 7) is 2.62. The fourth-order valence-electron chi connectivity index (χ4n) is 2.70. The molecule has 2 heterocycles. The van der Waals surface area contributed by atoms with Gasteiger partial charge in [0.1, 0.15) is 5.75 Å². The van der Waals surface area contributed by atoms with Gasteiger partial charge in [-0.2, -0.15) is 0 Å². The topological polar surface area (TPSA) is 68.6 Å². The number of hydrogen-bond acceptors (Lipinski definition) is 5. The molecule has 122 valence electrons. The molecule has 5 nitrogen and oxygen atoms in total. The van der Waals surface area contributed by atoms with Crippen LogP contribution >= 0.6 is 0 Å². The lowest BCUT2D eigenvalue weighted by Crippen LogP contribution is -2.41. The van der Waals surface area contributed by atoms with E-state index in [1.807, 2.05) is 7.05 Å². The smallest absolute Gasteiger partial charge is 0.133 e. The predicted octanol–water partition coefficient (Wildman–Crippen LogP) is 1.32. The highest BCUT2D eigenvalue weighted by Gasteiger charge is 2.13. The van der Waals surface area contributed by atoms with Gasteiger partial charge in [0.05, 0.1) is 12.3 Å². The minimum atomic E-state index is -0.365. The standard InChI is InChI=1S/C17H27N3O2/c1-20(12-15-5-3-2-4-10-18-15)13-17(22)9-7-14-6-8-16(21)11-19-14/h3,5-6,8,11,15,17-18,21-22H,2,4,7,9-10,12-13H2,1H3/t15?,17-/m1/s1. The van der Waals surface area contributed by atoms with Crippen LogP contribution < -0.4 is 5.32 Å². The molecule has 0 bridgehead atoms. The van der Waals surface area contributed by atoms with Crippen LogP contribution in [0.4, 0.5) is 0 Å². The Balaban J connectivity index is 1.69. The van der Waals surface area contributed by atoms with E-state index < -0.39 is 0 Å². The molecule has 0 aliphatic carbocycles. The van der Waals surface area contributed by atoms with E-state index in [9.17, 15) is 10.2 Å². The van der Waals surface area contributed by atoms with Crippen molar-refractivity contribution in [1.29, 1.82) is 0 Å². The van der Waals surface area contributed by atoms with Crippen LogP contribution in [0.1, 0.15) is 25.0 Å². The molecular weight excluding hydrogens is 278 g/mol. The van der Waals surface area contributed by atoms with E-state index in [0.717, 1.165) is 31.6 Å². The van der Waals surface area contributed by atoms with Gasteiger partial charge in [-0.1, -0.05) is 12.2 Å². The van der Waals surface area contributed by atoms with E-state index in [1.54, 1.807) is 12.1 Å². The van der Waals surface area contributed by atoms with Crippen molar-refractivity contribution in [3.8, 4) is 5.75 Å². The number of hydrogen-bond donors (Lipinski definition) is 3. The number of aryl methyl sites for hydroxylation is 1. The Morgan fingerprint density at radius 3 is 3.09 bits per heavy atom. The van der Waals surface area contributed by atoms with Gasteiger partial charge >= 0.3 is 0 Å². The Bertz CT molecular complexity index is 461. The van der Waals surface area contributed by atoms with Gasteiger partial charge in [-0.25, -0.2) is 0 Å². The summed E-state index contributed by atoms with van der Waals surface area (Å²) >= 11 is 0. The maximum Gasteiger partial charge on any atom is 0.133 e. The van der Waals surface area contributed by atoms with Crippen LogP contribution in [0.15, 0.2) is 30.5 Å². The summed E-state index contributed by atoms with van der Waals surface area (Å²) < 4.78 is 0. The molecule has 0 aromatic carbocycles. The first-order valence-corrected chi connectivity index (χ1v) is 8.04. The SMILES string of the molecule is CN(CC1C=CCCCN1)C[C@H](O)CCc1ccc(O)cn1. The lowest BCUT2D eigenvalue weighted by atomic mass is 10.1. The molecule has 1 aliphatic rings. The molecule has 5 heteroatoms. The van der Waals surface area contributed by atoms with Crippen LogP contribution in [0.3, 0.4) is 0 Å². The van der Waals surface area contributed by atoms with Crippen molar-refractivity contribution in [3.63, 3.8) is 0 Å². The largest absolute Gasteiger partial charge is 0.506 e. The number of aliphatic hydroxyl groups is 1. The summed E-state index contributed by atoms with van der Waals surface area (Å²) in [5.74, 6) is 0.174. The third kappa shape index (κ3) is 6.13. The first kappa shape index (κ1) is 16.9. The molecule has 1 aromatic heterocycles. The van der Waals surface area contributed by atoms with Crippen molar-refractivity contribution in [3.05, 3.63) is 36.2 Å². The zero-order chi connectivity index (χ0) is 15.8. The van der Waals surface area contributed by atoms with Gasteiger partial charge in [-0.05, 0) is 51.4 Å². The van der Waals surface area contributed by atoms with Crippen LogP contribution in [0, 0.1) is 0 Å². The number of pyridine rings is 1. The number of aliphatic hydroxyl groups excluding tert-OH is 1. The lowest BCUT2D eigenvalue weighted by Gasteiger charge is -2.24. The van der Waals surface area contributed by atoms with E-state index >= 15 is 0 Å². The fraction of sp³-hybridized carbons (Fsp3) is 0.588. The summed E-state index contributed by atoms with van der Waals surface area (Å²) in [7, 11) is 2.04. The number of aromatic hydroxyl groups is 1. The Morgan fingerprint density at radius 2 is 2.32 bits per heavy atom. The maximum atomic E-state index is 10.2. The highest BCUT2D eigenvalue weighted by atomic mass is 16.3. The van der Waals surface area contributed by atoms with E-state index in [0.29, 0.717) is 19.0 Å². The normalized spacial score (nSPS) is 20.0. The Kier molecular flexibility index (Phi) is 6.83. The van der Waals surface area contributed by atoms with Gasteiger partial charge < -0.3 is 20.4 Å². The van der Waals surface area contributed by atoms with Crippen molar-refractivity contribution < 1.29 is 10.2 Å². The molecule has 22 heavy (non-hydrogen) atoms. The molecule has 2 rings (SSSR count). The number of rotatable bonds is 7. The minimum absolute atomic E-state index is 0.174. The molecule has 0 saturated carbocycles. The van der Waals surface area contributed by atoms with Crippen molar-refractivity contribution in [2.75, 3.05) is 26.7 Å². The number of allylic oxidation sites excluding steroid dienone is 1. The molecular formula is C17H27N3O2. The lowest BCUT2D eigenvalue weighted by molar-refractivity contribution is 0.115. The van der Waals surface area contributed by atoms with Crippen molar-refractivity contribution in [1.82, 2.24) is 15.2 Å². The van der Waals surface area contributed by atoms with Crippen molar-refractivity contribution in [2.24, 2.45) is 0 Å². The first-order valence-electron chi connectivity index (χ1n) is 8.04. The van der Waals surface area contributed by atoms with Crippen molar-refractivity contribution in [2.45, 2.75) is 37.8 Å². The van der Waals surface area contributed by atoms with Gasteiger partial charge in [-0.15, -0.1) is 0 Å². The summed E-state index contributed by atoms with van der Waals surface area (Å²) in [5.41, 5.74) is 0.896. The molecule has 0 fully saturated rings. The van der Waals surface area contributed by atoms with E-state index in [-0.39, 0.29) is 11.9 Å². The Morgan fingerprint density at radius 1 is 1.45 bits per heavy atom. The molecule has 0 spiro atoms. The second-order valence-corrected chi connectivity index (χ2v) is 6.05. The summed E-state index contributed by atoms with van der Waals surface area (Å²) in [4.78, 5) is 6.31. The second kappa shape index (κ2) is 8.88. The minimum Gasteiger partial charge on any atom is -0.506 e. The number of nitrogens with one attached hydrogen (secondary N) is 1. The molecule has 1 aromatic rings. The Hall–Kier alpha value is -1.43. The van der Waals surface area contributed by atoms with Gasteiger partial charge in [0, 0.05) is 24.8 Å². The molecule has 0 saturated heterocycles. The third-order valence-electron chi connectivity index (χ3n) is 3.90. The Labute approximate surface area is 132 Å². The van der Waals surface area contributed by atoms with Gasteiger partial charge in [0.2, 0.25) is 0 Å². The van der Waals surface area contributed by atoms with E-state index in [4.69, 9.17) is 0 Å². The van der Waals surface area contributed by atoms with E-state index in [1.165, 1.54) is 12.6 Å². The van der Waals surface area contributed by atoms with Crippen LogP contribution in [0.2, 0.25) is 0 Å². The average Bonchev–Trinajstić information content (AvgIpc) is 2.75. The summed E-state index contributed by atoms with van der Waals surface area (Å²) in [6.07, 6.45) is 9.29. The van der Waals surface area contributed by atoms with E-state index in [2.05, 4.69) is 27.4 Å². The molecule has 1 unspecified atom stereocenters.